The molecule has 1 heterocycles. The second-order valence-electron chi connectivity index (χ2n) is 2.64. The number of aromatic nitrogens is 1. The van der Waals surface area contributed by atoms with Crippen molar-refractivity contribution >= 4 is 22.9 Å². The molecule has 4 nitrogen and oxygen atoms in total. The highest BCUT2D eigenvalue weighted by Crippen LogP contribution is 2.21. The molecule has 0 aliphatic rings. The van der Waals surface area contributed by atoms with E-state index in [4.69, 9.17) is 11.3 Å². The molecule has 0 atom stereocenters. The number of allylic oxidation sites excluding steroid dienone is 1. The van der Waals surface area contributed by atoms with Crippen molar-refractivity contribution in [2.24, 2.45) is 0 Å². The summed E-state index contributed by atoms with van der Waals surface area (Å²) >= 11 is 1.39. The van der Waals surface area contributed by atoms with Gasteiger partial charge in [-0.3, -0.25) is 4.79 Å². The van der Waals surface area contributed by atoms with Gasteiger partial charge < -0.3 is 4.74 Å². The average Bonchev–Trinajstić information content (AvgIpc) is 2.71. The van der Waals surface area contributed by atoms with Gasteiger partial charge in [0.2, 0.25) is 0 Å². The summed E-state index contributed by atoms with van der Waals surface area (Å²) in [5, 5.41) is 2.47. The van der Waals surface area contributed by atoms with Crippen molar-refractivity contribution in [1.82, 2.24) is 4.98 Å². The lowest BCUT2D eigenvalue weighted by atomic mass is 10.2. The Morgan fingerprint density at radius 1 is 1.73 bits per heavy atom. The van der Waals surface area contributed by atoms with Crippen LogP contribution in [0.5, 0.6) is 0 Å². The third-order valence-corrected chi connectivity index (χ3v) is 2.58. The van der Waals surface area contributed by atoms with E-state index >= 15 is 0 Å². The van der Waals surface area contributed by atoms with Gasteiger partial charge in [-0.05, 0) is 19.4 Å². The van der Waals surface area contributed by atoms with Crippen LogP contribution in [-0.4, -0.2) is 17.6 Å². The SMILES string of the molecule is [C-]#[N+]C(C(=O)OCC)=C(C)c1nccs1. The molecule has 0 amide bonds. The first-order valence-electron chi connectivity index (χ1n) is 4.36. The van der Waals surface area contributed by atoms with Gasteiger partial charge in [-0.15, -0.1) is 11.3 Å². The Morgan fingerprint density at radius 2 is 2.47 bits per heavy atom. The predicted octanol–water partition coefficient (Wildman–Crippen LogP) is 2.36. The lowest BCUT2D eigenvalue weighted by Gasteiger charge is -2.02. The van der Waals surface area contributed by atoms with Gasteiger partial charge >= 0.3 is 5.97 Å². The minimum atomic E-state index is -0.583. The molecule has 5 heteroatoms. The number of ether oxygens (including phenoxy) is 1. The van der Waals surface area contributed by atoms with Gasteiger partial charge in [0.1, 0.15) is 5.01 Å². The van der Waals surface area contributed by atoms with E-state index in [2.05, 4.69) is 9.83 Å². The summed E-state index contributed by atoms with van der Waals surface area (Å²) in [6.45, 7) is 10.6. The van der Waals surface area contributed by atoms with Crippen molar-refractivity contribution < 1.29 is 9.53 Å². The number of thiazole rings is 1. The Kier molecular flexibility index (Phi) is 4.01. The number of nitrogens with zero attached hydrogens (tertiary/aromatic N) is 2. The first-order chi connectivity index (χ1) is 7.20. The van der Waals surface area contributed by atoms with Crippen molar-refractivity contribution in [3.63, 3.8) is 0 Å². The molecule has 1 rings (SSSR count). The summed E-state index contributed by atoms with van der Waals surface area (Å²) < 4.78 is 4.78. The molecule has 0 aliphatic carbocycles. The number of carbonyl (C=O) groups excluding carboxylic acids is 1. The second kappa shape index (κ2) is 5.27. The molecular weight excluding hydrogens is 212 g/mol. The van der Waals surface area contributed by atoms with Crippen LogP contribution in [0.15, 0.2) is 17.3 Å². The van der Waals surface area contributed by atoms with Crippen molar-refractivity contribution in [3.05, 3.63) is 33.7 Å². The number of hydrogen-bond acceptors (Lipinski definition) is 4. The highest BCUT2D eigenvalue weighted by Gasteiger charge is 2.16. The smallest absolute Gasteiger partial charge is 0.336 e. The van der Waals surface area contributed by atoms with Crippen molar-refractivity contribution in [3.8, 4) is 0 Å². The van der Waals surface area contributed by atoms with Crippen molar-refractivity contribution in [2.75, 3.05) is 6.61 Å². The van der Waals surface area contributed by atoms with Crippen LogP contribution in [0.25, 0.3) is 10.4 Å². The molecule has 0 unspecified atom stereocenters. The predicted molar refractivity (Wildman–Crippen MR) is 57.9 cm³/mol. The normalized spacial score (nSPS) is 11.5. The number of esters is 1. The molecule has 0 saturated heterocycles. The van der Waals surface area contributed by atoms with Crippen LogP contribution in [0.3, 0.4) is 0 Å². The monoisotopic (exact) mass is 222 g/mol. The zero-order valence-corrected chi connectivity index (χ0v) is 9.30. The van der Waals surface area contributed by atoms with E-state index in [9.17, 15) is 4.79 Å². The summed E-state index contributed by atoms with van der Waals surface area (Å²) in [5.74, 6) is -0.583. The van der Waals surface area contributed by atoms with Crippen LogP contribution < -0.4 is 0 Å². The number of hydrogen-bond donors (Lipinski definition) is 0. The minimum Gasteiger partial charge on any atom is -0.471 e. The molecule has 0 aliphatic heterocycles. The maximum Gasteiger partial charge on any atom is 0.336 e. The van der Waals surface area contributed by atoms with E-state index in [1.165, 1.54) is 11.3 Å². The van der Waals surface area contributed by atoms with Crippen LogP contribution in [0.1, 0.15) is 18.9 Å². The van der Waals surface area contributed by atoms with E-state index in [-0.39, 0.29) is 12.3 Å². The third kappa shape index (κ3) is 2.64. The van der Waals surface area contributed by atoms with Crippen LogP contribution in [0.2, 0.25) is 0 Å². The van der Waals surface area contributed by atoms with E-state index in [1.807, 2.05) is 0 Å². The van der Waals surface area contributed by atoms with Gasteiger partial charge in [0.15, 0.2) is 0 Å². The van der Waals surface area contributed by atoms with Gasteiger partial charge in [0, 0.05) is 11.6 Å². The average molecular weight is 222 g/mol. The second-order valence-corrected chi connectivity index (χ2v) is 3.54. The van der Waals surface area contributed by atoms with Crippen LogP contribution >= 0.6 is 11.3 Å². The Balaban J connectivity index is 3.05. The zero-order valence-electron chi connectivity index (χ0n) is 8.48. The highest BCUT2D eigenvalue weighted by atomic mass is 32.1. The first kappa shape index (κ1) is 11.4. The Bertz CT molecular complexity index is 415. The topological polar surface area (TPSA) is 43.5 Å². The summed E-state index contributed by atoms with van der Waals surface area (Å²) in [7, 11) is 0. The Morgan fingerprint density at radius 3 is 2.93 bits per heavy atom. The number of carbonyl (C=O) groups is 1. The zero-order chi connectivity index (χ0) is 11.3. The summed E-state index contributed by atoms with van der Waals surface area (Å²) in [6, 6.07) is 0. The largest absolute Gasteiger partial charge is 0.471 e. The maximum absolute atomic E-state index is 11.4. The summed E-state index contributed by atoms with van der Waals surface area (Å²) in [6.07, 6.45) is 1.64. The lowest BCUT2D eigenvalue weighted by molar-refractivity contribution is -0.138. The molecule has 0 bridgehead atoms. The van der Waals surface area contributed by atoms with Gasteiger partial charge in [-0.2, -0.15) is 0 Å². The fourth-order valence-electron chi connectivity index (χ4n) is 0.992. The van der Waals surface area contributed by atoms with Gasteiger partial charge in [-0.25, -0.2) is 9.83 Å². The minimum absolute atomic E-state index is 0.00630. The fourth-order valence-corrected chi connectivity index (χ4v) is 1.64. The molecule has 0 aromatic carbocycles. The van der Waals surface area contributed by atoms with Gasteiger partial charge in [-0.1, -0.05) is 0 Å². The maximum atomic E-state index is 11.4. The summed E-state index contributed by atoms with van der Waals surface area (Å²) in [4.78, 5) is 18.6. The quantitative estimate of drug-likeness (QED) is 0.448. The van der Waals surface area contributed by atoms with E-state index in [1.54, 1.807) is 25.4 Å². The van der Waals surface area contributed by atoms with Crippen LogP contribution in [0.4, 0.5) is 0 Å². The fraction of sp³-hybridized carbons (Fsp3) is 0.300. The van der Waals surface area contributed by atoms with E-state index in [0.717, 1.165) is 0 Å². The standard InChI is InChI=1S/C10H10N2O2S/c1-4-14-10(13)8(11-3)7(2)9-12-5-6-15-9/h5-6H,4H2,1-2H3. The molecule has 1 aromatic rings. The molecular formula is C10H10N2O2S. The summed E-state index contributed by atoms with van der Waals surface area (Å²) in [5.41, 5.74) is 0.574. The molecule has 0 saturated carbocycles. The van der Waals surface area contributed by atoms with Crippen LogP contribution in [-0.2, 0) is 9.53 Å². The van der Waals surface area contributed by atoms with Gasteiger partial charge in [0.05, 0.1) is 13.2 Å². The van der Waals surface area contributed by atoms with E-state index < -0.39 is 5.97 Å². The molecule has 15 heavy (non-hydrogen) atoms. The van der Waals surface area contributed by atoms with Crippen molar-refractivity contribution in [2.45, 2.75) is 13.8 Å². The Hall–Kier alpha value is -1.67. The van der Waals surface area contributed by atoms with E-state index in [0.29, 0.717) is 10.6 Å². The molecule has 0 fully saturated rings. The highest BCUT2D eigenvalue weighted by molar-refractivity contribution is 7.10. The van der Waals surface area contributed by atoms with Crippen LogP contribution in [0, 0.1) is 6.57 Å². The molecule has 0 radical (unpaired) electrons. The molecule has 78 valence electrons. The van der Waals surface area contributed by atoms with Crippen molar-refractivity contribution in [1.29, 1.82) is 0 Å². The lowest BCUT2D eigenvalue weighted by Crippen LogP contribution is -2.06. The van der Waals surface area contributed by atoms with Gasteiger partial charge in [0.25, 0.3) is 5.70 Å². The molecule has 0 spiro atoms. The Labute approximate surface area is 92.0 Å². The third-order valence-electron chi connectivity index (χ3n) is 1.69. The molecule has 1 aromatic heterocycles. The first-order valence-corrected chi connectivity index (χ1v) is 5.24. The number of rotatable bonds is 3. The molecule has 0 N–H and O–H groups in total.